The van der Waals surface area contributed by atoms with Gasteiger partial charge in [-0.15, -0.1) is 0 Å². The summed E-state index contributed by atoms with van der Waals surface area (Å²) in [6, 6.07) is 11.0. The van der Waals surface area contributed by atoms with Crippen LogP contribution in [0.25, 0.3) is 6.08 Å². The summed E-state index contributed by atoms with van der Waals surface area (Å²) < 4.78 is 16.3. The Hall–Kier alpha value is -1.02. The van der Waals surface area contributed by atoms with Crippen LogP contribution in [-0.4, -0.2) is 54.3 Å². The Labute approximate surface area is 141 Å². The topological polar surface area (TPSA) is 57.0 Å². The highest BCUT2D eigenvalue weighted by molar-refractivity contribution is 6.60. The number of benzene rings is 1. The van der Waals surface area contributed by atoms with E-state index in [1.54, 1.807) is 21.3 Å². The van der Waals surface area contributed by atoms with E-state index in [0.717, 1.165) is 25.6 Å². The van der Waals surface area contributed by atoms with Gasteiger partial charge in [-0.1, -0.05) is 42.5 Å². The Kier molecular flexibility index (Phi) is 9.31. The van der Waals surface area contributed by atoms with Crippen molar-refractivity contribution in [2.75, 3.05) is 34.4 Å². The molecule has 1 atom stereocenters. The van der Waals surface area contributed by atoms with Crippen LogP contribution < -0.4 is 5.73 Å². The summed E-state index contributed by atoms with van der Waals surface area (Å²) >= 11 is 0. The van der Waals surface area contributed by atoms with Gasteiger partial charge in [-0.2, -0.15) is 0 Å². The Morgan fingerprint density at radius 2 is 1.74 bits per heavy atom. The van der Waals surface area contributed by atoms with E-state index in [-0.39, 0.29) is 6.17 Å². The van der Waals surface area contributed by atoms with E-state index in [0.29, 0.717) is 0 Å². The lowest BCUT2D eigenvalue weighted by Crippen LogP contribution is -2.45. The van der Waals surface area contributed by atoms with Gasteiger partial charge >= 0.3 is 8.80 Å². The van der Waals surface area contributed by atoms with Crippen LogP contribution in [0.3, 0.4) is 0 Å². The third-order valence-electron chi connectivity index (χ3n) is 3.89. The second-order valence-electron chi connectivity index (χ2n) is 5.45. The van der Waals surface area contributed by atoms with Crippen molar-refractivity contribution in [2.24, 2.45) is 5.73 Å². The van der Waals surface area contributed by atoms with Crippen LogP contribution >= 0.6 is 0 Å². The van der Waals surface area contributed by atoms with Gasteiger partial charge in [0.15, 0.2) is 0 Å². The van der Waals surface area contributed by atoms with Gasteiger partial charge < -0.3 is 19.0 Å². The lowest BCUT2D eigenvalue weighted by atomic mass is 10.2. The van der Waals surface area contributed by atoms with Crippen molar-refractivity contribution in [3.05, 3.63) is 42.0 Å². The van der Waals surface area contributed by atoms with E-state index in [4.69, 9.17) is 19.0 Å². The predicted octanol–water partition coefficient (Wildman–Crippen LogP) is 2.57. The molecule has 130 valence electrons. The zero-order valence-corrected chi connectivity index (χ0v) is 15.7. The fourth-order valence-electron chi connectivity index (χ4n) is 2.40. The van der Waals surface area contributed by atoms with Crippen LogP contribution in [0.5, 0.6) is 0 Å². The van der Waals surface area contributed by atoms with Gasteiger partial charge in [0.1, 0.15) is 0 Å². The largest absolute Gasteiger partial charge is 0.500 e. The molecule has 6 heteroatoms. The van der Waals surface area contributed by atoms with Gasteiger partial charge in [-0.05, 0) is 25.5 Å². The van der Waals surface area contributed by atoms with Gasteiger partial charge in [-0.25, -0.2) is 0 Å². The van der Waals surface area contributed by atoms with Crippen molar-refractivity contribution >= 4 is 14.9 Å². The molecule has 0 heterocycles. The first kappa shape index (κ1) is 20.0. The number of hydrogen-bond acceptors (Lipinski definition) is 5. The highest BCUT2D eigenvalue weighted by atomic mass is 28.4. The van der Waals surface area contributed by atoms with Gasteiger partial charge in [0.05, 0.1) is 6.17 Å². The van der Waals surface area contributed by atoms with Crippen LogP contribution in [0.2, 0.25) is 6.04 Å². The maximum absolute atomic E-state index is 6.07. The molecule has 0 saturated carbocycles. The lowest BCUT2D eigenvalue weighted by molar-refractivity contribution is 0.120. The minimum Gasteiger partial charge on any atom is -0.377 e. The first-order valence-corrected chi connectivity index (χ1v) is 9.86. The van der Waals surface area contributed by atoms with Crippen molar-refractivity contribution in [1.82, 2.24) is 4.90 Å². The summed E-state index contributed by atoms with van der Waals surface area (Å²) in [5.74, 6) is 0. The Morgan fingerprint density at radius 1 is 1.13 bits per heavy atom. The Balaban J connectivity index is 2.48. The van der Waals surface area contributed by atoms with Crippen LogP contribution in [0.1, 0.15) is 18.9 Å². The molecule has 1 aromatic rings. The van der Waals surface area contributed by atoms with Crippen LogP contribution in [-0.2, 0) is 13.3 Å². The summed E-state index contributed by atoms with van der Waals surface area (Å²) in [6.07, 6.45) is 5.18. The fraction of sp³-hybridized carbons (Fsp3) is 0.529. The highest BCUT2D eigenvalue weighted by Crippen LogP contribution is 2.15. The molecular formula is C17H30N2O3Si. The van der Waals surface area contributed by atoms with Crippen molar-refractivity contribution in [2.45, 2.75) is 25.6 Å². The van der Waals surface area contributed by atoms with Crippen LogP contribution in [0.4, 0.5) is 0 Å². The zero-order chi connectivity index (χ0) is 17.1. The summed E-state index contributed by atoms with van der Waals surface area (Å²) in [4.78, 5) is 2.22. The number of nitrogens with zero attached hydrogens (tertiary/aromatic N) is 1. The summed E-state index contributed by atoms with van der Waals surface area (Å²) in [5.41, 5.74) is 7.27. The molecule has 23 heavy (non-hydrogen) atoms. The van der Waals surface area contributed by atoms with E-state index < -0.39 is 8.80 Å². The van der Waals surface area contributed by atoms with E-state index in [1.165, 1.54) is 5.56 Å². The average Bonchev–Trinajstić information content (AvgIpc) is 2.58. The van der Waals surface area contributed by atoms with Crippen molar-refractivity contribution in [1.29, 1.82) is 0 Å². The molecule has 0 fully saturated rings. The standard InChI is InChI=1S/C17H30N2O3Si/c1-16(18)19(13-8-12-17-10-6-5-7-11-17)14-9-15-23(20-2,21-3)22-4/h5-8,10-12,16H,9,13-15,18H2,1-4H3/b12-8+. The number of hydrogen-bond donors (Lipinski definition) is 1. The fourth-order valence-corrected chi connectivity index (χ4v) is 4.11. The van der Waals surface area contributed by atoms with Gasteiger partial charge in [0.25, 0.3) is 0 Å². The quantitative estimate of drug-likeness (QED) is 0.496. The van der Waals surface area contributed by atoms with Gasteiger partial charge in [-0.3, -0.25) is 4.90 Å². The molecule has 5 nitrogen and oxygen atoms in total. The first-order valence-electron chi connectivity index (χ1n) is 7.93. The molecule has 0 amide bonds. The SMILES string of the molecule is CO[Si](CCCN(C/C=C/c1ccccc1)C(C)N)(OC)OC. The second kappa shape index (κ2) is 10.7. The van der Waals surface area contributed by atoms with Crippen molar-refractivity contribution in [3.63, 3.8) is 0 Å². The van der Waals surface area contributed by atoms with E-state index in [9.17, 15) is 0 Å². The molecule has 0 aliphatic rings. The molecule has 0 radical (unpaired) electrons. The molecule has 0 aliphatic carbocycles. The molecule has 0 aliphatic heterocycles. The summed E-state index contributed by atoms with van der Waals surface area (Å²) in [6.45, 7) is 3.69. The predicted molar refractivity (Wildman–Crippen MR) is 96.9 cm³/mol. The summed E-state index contributed by atoms with van der Waals surface area (Å²) in [5, 5.41) is 0. The molecule has 0 bridgehead atoms. The minimum atomic E-state index is -2.49. The monoisotopic (exact) mass is 338 g/mol. The third-order valence-corrected chi connectivity index (χ3v) is 6.72. The minimum absolute atomic E-state index is 0.000810. The van der Waals surface area contributed by atoms with Crippen molar-refractivity contribution in [3.8, 4) is 0 Å². The maximum atomic E-state index is 6.07. The Morgan fingerprint density at radius 3 is 2.26 bits per heavy atom. The average molecular weight is 339 g/mol. The maximum Gasteiger partial charge on any atom is 0.500 e. The lowest BCUT2D eigenvalue weighted by Gasteiger charge is -2.28. The van der Waals surface area contributed by atoms with E-state index >= 15 is 0 Å². The molecule has 0 spiro atoms. The van der Waals surface area contributed by atoms with E-state index in [2.05, 4.69) is 29.2 Å². The van der Waals surface area contributed by atoms with E-state index in [1.807, 2.05) is 25.1 Å². The molecule has 1 aromatic carbocycles. The van der Waals surface area contributed by atoms with Crippen LogP contribution in [0, 0.1) is 0 Å². The molecule has 2 N–H and O–H groups in total. The smallest absolute Gasteiger partial charge is 0.377 e. The number of nitrogens with two attached hydrogens (primary N) is 1. The van der Waals surface area contributed by atoms with Gasteiger partial charge in [0, 0.05) is 33.9 Å². The third kappa shape index (κ3) is 6.95. The molecule has 1 rings (SSSR count). The molecule has 0 saturated heterocycles. The first-order chi connectivity index (χ1) is 11.1. The molecule has 0 aromatic heterocycles. The normalized spacial score (nSPS) is 13.8. The highest BCUT2D eigenvalue weighted by Gasteiger charge is 2.37. The summed E-state index contributed by atoms with van der Waals surface area (Å²) in [7, 11) is 2.44. The second-order valence-corrected chi connectivity index (χ2v) is 8.54. The Bertz CT molecular complexity index is 442. The zero-order valence-electron chi connectivity index (χ0n) is 14.7. The molecular weight excluding hydrogens is 308 g/mol. The number of rotatable bonds is 11. The van der Waals surface area contributed by atoms with Crippen molar-refractivity contribution < 1.29 is 13.3 Å². The molecule has 1 unspecified atom stereocenters. The van der Waals surface area contributed by atoms with Crippen LogP contribution in [0.15, 0.2) is 36.4 Å². The van der Waals surface area contributed by atoms with Gasteiger partial charge in [0.2, 0.25) is 0 Å².